The van der Waals surface area contributed by atoms with Crippen molar-refractivity contribution in [2.75, 3.05) is 11.4 Å². The van der Waals surface area contributed by atoms with E-state index in [0.29, 0.717) is 12.1 Å². The van der Waals surface area contributed by atoms with Crippen molar-refractivity contribution >= 4 is 21.7 Å². The van der Waals surface area contributed by atoms with E-state index in [1.54, 1.807) is 24.3 Å². The number of esters is 1. The van der Waals surface area contributed by atoms with Crippen molar-refractivity contribution in [2.24, 2.45) is 0 Å². The summed E-state index contributed by atoms with van der Waals surface area (Å²) in [6.45, 7) is 6.00. The summed E-state index contributed by atoms with van der Waals surface area (Å²) in [5.74, 6) is -0.254. The summed E-state index contributed by atoms with van der Waals surface area (Å²) in [5, 5.41) is 0. The van der Waals surface area contributed by atoms with Crippen LogP contribution >= 0.6 is 0 Å². The Balaban J connectivity index is 2.16. The number of rotatable bonds is 5. The molecule has 0 radical (unpaired) electrons. The zero-order chi connectivity index (χ0) is 19.8. The molecule has 1 atom stereocenters. The molecular weight excluding hydrogens is 362 g/mol. The molecule has 5 nitrogen and oxygen atoms in total. The van der Waals surface area contributed by atoms with Gasteiger partial charge in [0.2, 0.25) is 0 Å². The highest BCUT2D eigenvalue weighted by molar-refractivity contribution is 7.92. The third-order valence-electron chi connectivity index (χ3n) is 4.99. The van der Waals surface area contributed by atoms with Crippen LogP contribution in [0, 0.1) is 6.92 Å². The van der Waals surface area contributed by atoms with Gasteiger partial charge in [0.05, 0.1) is 30.2 Å². The van der Waals surface area contributed by atoms with Crippen LogP contribution in [-0.4, -0.2) is 27.5 Å². The van der Waals surface area contributed by atoms with E-state index in [2.05, 4.69) is 0 Å². The number of hydrogen-bond acceptors (Lipinski definition) is 4. The van der Waals surface area contributed by atoms with Crippen LogP contribution in [0.15, 0.2) is 47.4 Å². The first kappa shape index (κ1) is 19.4. The second kappa shape index (κ2) is 7.35. The van der Waals surface area contributed by atoms with Crippen molar-refractivity contribution in [3.8, 4) is 0 Å². The third-order valence-corrected chi connectivity index (χ3v) is 6.85. The van der Waals surface area contributed by atoms with Crippen LogP contribution in [0.4, 0.5) is 5.69 Å². The second-order valence-corrected chi connectivity index (χ2v) is 9.08. The van der Waals surface area contributed by atoms with Crippen molar-refractivity contribution in [1.29, 1.82) is 0 Å². The largest absolute Gasteiger partial charge is 0.469 e. The molecule has 1 aliphatic rings. The fourth-order valence-corrected chi connectivity index (χ4v) is 5.31. The Labute approximate surface area is 161 Å². The number of anilines is 1. The predicted molar refractivity (Wildman–Crippen MR) is 105 cm³/mol. The first-order valence-electron chi connectivity index (χ1n) is 9.05. The number of carbonyl (C=O) groups excluding carboxylic acids is 1. The lowest BCUT2D eigenvalue weighted by Gasteiger charge is -2.28. The van der Waals surface area contributed by atoms with Crippen LogP contribution in [0.2, 0.25) is 0 Å². The Morgan fingerprint density at radius 2 is 1.85 bits per heavy atom. The number of para-hydroxylation sites is 1. The molecule has 0 amide bonds. The molecule has 0 aromatic heterocycles. The Kier molecular flexibility index (Phi) is 5.29. The first-order valence-corrected chi connectivity index (χ1v) is 10.5. The van der Waals surface area contributed by atoms with E-state index >= 15 is 0 Å². The zero-order valence-corrected chi connectivity index (χ0v) is 16.9. The van der Waals surface area contributed by atoms with Crippen molar-refractivity contribution in [3.63, 3.8) is 0 Å². The number of hydrogen-bond donors (Lipinski definition) is 0. The van der Waals surface area contributed by atoms with Gasteiger partial charge in [0.15, 0.2) is 0 Å². The zero-order valence-electron chi connectivity index (χ0n) is 16.1. The van der Waals surface area contributed by atoms with Gasteiger partial charge < -0.3 is 4.74 Å². The van der Waals surface area contributed by atoms with Crippen LogP contribution in [0.3, 0.4) is 0 Å². The summed E-state index contributed by atoms with van der Waals surface area (Å²) in [6, 6.07) is 12.2. The summed E-state index contributed by atoms with van der Waals surface area (Å²) in [7, 11) is -2.48. The van der Waals surface area contributed by atoms with E-state index in [-0.39, 0.29) is 17.2 Å². The number of sulfonamides is 1. The first-order chi connectivity index (χ1) is 12.8. The highest BCUT2D eigenvalue weighted by atomic mass is 32.2. The predicted octanol–water partition coefficient (Wildman–Crippen LogP) is 3.80. The normalized spacial score (nSPS) is 16.5. The topological polar surface area (TPSA) is 63.7 Å². The summed E-state index contributed by atoms with van der Waals surface area (Å²) in [6.07, 6.45) is 0.518. The van der Waals surface area contributed by atoms with E-state index in [9.17, 15) is 13.2 Å². The van der Waals surface area contributed by atoms with Gasteiger partial charge >= 0.3 is 5.97 Å². The van der Waals surface area contributed by atoms with E-state index in [1.165, 1.54) is 11.4 Å². The average molecular weight is 388 g/mol. The number of aryl methyl sites for hydroxylation is 1. The molecule has 0 fully saturated rings. The lowest BCUT2D eigenvalue weighted by molar-refractivity contribution is -0.140. The maximum Gasteiger partial charge on any atom is 0.307 e. The molecule has 0 unspecified atom stereocenters. The molecule has 0 aliphatic carbocycles. The lowest BCUT2D eigenvalue weighted by atomic mass is 9.98. The molecule has 0 spiro atoms. The SMILES string of the molecule is COC(=O)C[C@@H]1Cc2cccc(C(C)C)c2N1S(=O)(=O)c1ccc(C)cc1. The Morgan fingerprint density at radius 3 is 2.44 bits per heavy atom. The number of methoxy groups -OCH3 is 1. The molecule has 2 aromatic rings. The highest BCUT2D eigenvalue weighted by Gasteiger charge is 2.41. The van der Waals surface area contributed by atoms with Crippen LogP contribution in [0.25, 0.3) is 0 Å². The molecule has 1 heterocycles. The van der Waals surface area contributed by atoms with Crippen molar-refractivity contribution in [3.05, 3.63) is 59.2 Å². The molecule has 27 heavy (non-hydrogen) atoms. The number of ether oxygens (including phenoxy) is 1. The van der Waals surface area contributed by atoms with Crippen molar-refractivity contribution in [2.45, 2.75) is 50.5 Å². The quantitative estimate of drug-likeness (QED) is 0.732. The minimum Gasteiger partial charge on any atom is -0.469 e. The molecule has 2 aromatic carbocycles. The summed E-state index contributed by atoms with van der Waals surface area (Å²) in [4.78, 5) is 12.2. The average Bonchev–Trinajstić information content (AvgIpc) is 3.00. The Morgan fingerprint density at radius 1 is 1.19 bits per heavy atom. The minimum atomic E-state index is -3.80. The van der Waals surface area contributed by atoms with Gasteiger partial charge in [0.1, 0.15) is 0 Å². The van der Waals surface area contributed by atoms with E-state index < -0.39 is 22.0 Å². The van der Waals surface area contributed by atoms with E-state index in [1.807, 2.05) is 39.0 Å². The number of nitrogens with zero attached hydrogens (tertiary/aromatic N) is 1. The molecule has 3 rings (SSSR count). The fraction of sp³-hybridized carbons (Fsp3) is 0.381. The fourth-order valence-electron chi connectivity index (χ4n) is 3.60. The second-order valence-electron chi connectivity index (χ2n) is 7.26. The molecule has 0 saturated carbocycles. The summed E-state index contributed by atoms with van der Waals surface area (Å²) < 4.78 is 33.3. The summed E-state index contributed by atoms with van der Waals surface area (Å²) >= 11 is 0. The van der Waals surface area contributed by atoms with Crippen LogP contribution < -0.4 is 4.31 Å². The highest BCUT2D eigenvalue weighted by Crippen LogP contribution is 2.42. The molecular formula is C21H25NO4S. The van der Waals surface area contributed by atoms with Gasteiger partial charge in [-0.3, -0.25) is 9.10 Å². The number of benzene rings is 2. The molecule has 0 saturated heterocycles. The van der Waals surface area contributed by atoms with E-state index in [0.717, 1.165) is 16.7 Å². The van der Waals surface area contributed by atoms with Gasteiger partial charge in [-0.25, -0.2) is 8.42 Å². The maximum absolute atomic E-state index is 13.5. The standard InChI is InChI=1S/C21H25NO4S/c1-14(2)19-7-5-6-16-12-17(13-20(23)26-4)22(21(16)19)27(24,25)18-10-8-15(3)9-11-18/h5-11,14,17H,12-13H2,1-4H3/t17-/m0/s1. The van der Waals surface area contributed by atoms with E-state index in [4.69, 9.17) is 4.74 Å². The van der Waals surface area contributed by atoms with Gasteiger partial charge in [-0.2, -0.15) is 0 Å². The van der Waals surface area contributed by atoms with Crippen LogP contribution in [0.5, 0.6) is 0 Å². The molecule has 0 bridgehead atoms. The third kappa shape index (κ3) is 3.58. The van der Waals surface area contributed by atoms with Gasteiger partial charge in [-0.1, -0.05) is 49.7 Å². The van der Waals surface area contributed by atoms with Gasteiger partial charge in [-0.15, -0.1) is 0 Å². The molecule has 6 heteroatoms. The van der Waals surface area contributed by atoms with Gasteiger partial charge in [0, 0.05) is 0 Å². The van der Waals surface area contributed by atoms with Crippen LogP contribution in [-0.2, 0) is 26.0 Å². The minimum absolute atomic E-state index is 0.0216. The monoisotopic (exact) mass is 387 g/mol. The molecule has 0 N–H and O–H groups in total. The van der Waals surface area contributed by atoms with Crippen molar-refractivity contribution < 1.29 is 17.9 Å². The maximum atomic E-state index is 13.5. The Hall–Kier alpha value is -2.34. The number of fused-ring (bicyclic) bond motifs is 1. The Bertz CT molecular complexity index is 949. The van der Waals surface area contributed by atoms with Gasteiger partial charge in [-0.05, 0) is 42.5 Å². The lowest BCUT2D eigenvalue weighted by Crippen LogP contribution is -2.39. The van der Waals surface area contributed by atoms with Gasteiger partial charge in [0.25, 0.3) is 10.0 Å². The molecule has 144 valence electrons. The van der Waals surface area contributed by atoms with Crippen LogP contribution in [0.1, 0.15) is 42.9 Å². The van der Waals surface area contributed by atoms with Crippen molar-refractivity contribution in [1.82, 2.24) is 0 Å². The smallest absolute Gasteiger partial charge is 0.307 e. The summed E-state index contributed by atoms with van der Waals surface area (Å²) in [5.41, 5.74) is 3.62. The molecule has 1 aliphatic heterocycles. The number of carbonyl (C=O) groups is 1.